The fourth-order valence-electron chi connectivity index (χ4n) is 1.60. The zero-order valence-electron chi connectivity index (χ0n) is 11.3. The van der Waals surface area contributed by atoms with Gasteiger partial charge in [0.15, 0.2) is 5.82 Å². The first-order valence-electron chi connectivity index (χ1n) is 6.03. The number of anilines is 1. The van der Waals surface area contributed by atoms with Gasteiger partial charge in [-0.05, 0) is 13.0 Å². The number of aryl methyl sites for hydroxylation is 1. The van der Waals surface area contributed by atoms with Gasteiger partial charge in [0.25, 0.3) is 0 Å². The van der Waals surface area contributed by atoms with E-state index in [9.17, 15) is 10.2 Å². The number of rotatable bonds is 4. The molecule has 6 nitrogen and oxygen atoms in total. The smallest absolute Gasteiger partial charge is 0.166 e. The minimum Gasteiger partial charge on any atom is -0.505 e. The molecule has 116 valence electrons. The highest BCUT2D eigenvalue weighted by Gasteiger charge is 2.10. The van der Waals surface area contributed by atoms with E-state index in [1.807, 2.05) is 0 Å². The Labute approximate surface area is 141 Å². The number of hydrazone groups is 1. The Morgan fingerprint density at radius 1 is 1.32 bits per heavy atom. The number of pyridine rings is 2. The van der Waals surface area contributed by atoms with E-state index in [2.05, 4.69) is 20.5 Å². The van der Waals surface area contributed by atoms with Crippen molar-refractivity contribution in [2.75, 3.05) is 5.43 Å². The summed E-state index contributed by atoms with van der Waals surface area (Å²) in [5.41, 5.74) is 3.80. The van der Waals surface area contributed by atoms with Crippen molar-refractivity contribution in [1.29, 1.82) is 0 Å². The van der Waals surface area contributed by atoms with Crippen LogP contribution in [0.5, 0.6) is 5.75 Å². The van der Waals surface area contributed by atoms with Crippen LogP contribution < -0.4 is 5.43 Å². The Bertz CT molecular complexity index is 738. The van der Waals surface area contributed by atoms with Crippen LogP contribution in [0.15, 0.2) is 17.4 Å². The zero-order valence-corrected chi connectivity index (χ0v) is 13.6. The van der Waals surface area contributed by atoms with Crippen LogP contribution in [-0.4, -0.2) is 26.4 Å². The second kappa shape index (κ2) is 7.11. The number of nitrogens with zero attached hydrogens (tertiary/aromatic N) is 3. The van der Waals surface area contributed by atoms with Crippen molar-refractivity contribution in [2.24, 2.45) is 5.10 Å². The van der Waals surface area contributed by atoms with Gasteiger partial charge in [0.05, 0.1) is 28.6 Å². The average Bonchev–Trinajstić information content (AvgIpc) is 2.48. The molecule has 0 atom stereocenters. The largest absolute Gasteiger partial charge is 0.505 e. The van der Waals surface area contributed by atoms with E-state index in [0.717, 1.165) is 0 Å². The molecule has 0 aliphatic heterocycles. The second-order valence-electron chi connectivity index (χ2n) is 4.25. The van der Waals surface area contributed by atoms with Gasteiger partial charge in [-0.15, -0.1) is 0 Å². The molecule has 0 aromatic carbocycles. The molecule has 2 aromatic heterocycles. The van der Waals surface area contributed by atoms with Crippen LogP contribution in [0.25, 0.3) is 0 Å². The molecule has 0 amide bonds. The van der Waals surface area contributed by atoms with Gasteiger partial charge in [-0.3, -0.25) is 10.4 Å². The van der Waals surface area contributed by atoms with E-state index >= 15 is 0 Å². The third kappa shape index (κ3) is 3.59. The van der Waals surface area contributed by atoms with Crippen LogP contribution in [0, 0.1) is 6.92 Å². The number of hydrogen-bond acceptors (Lipinski definition) is 6. The van der Waals surface area contributed by atoms with E-state index in [-0.39, 0.29) is 33.4 Å². The Kier molecular flexibility index (Phi) is 5.42. The van der Waals surface area contributed by atoms with E-state index in [1.54, 1.807) is 6.92 Å². The molecule has 0 radical (unpaired) electrons. The molecule has 22 heavy (non-hydrogen) atoms. The molecule has 0 aliphatic rings. The van der Waals surface area contributed by atoms with Gasteiger partial charge in [0.2, 0.25) is 0 Å². The first kappa shape index (κ1) is 16.8. The first-order chi connectivity index (χ1) is 10.4. The van der Waals surface area contributed by atoms with Crippen molar-refractivity contribution in [3.05, 3.63) is 44.3 Å². The number of aromatic nitrogens is 2. The maximum absolute atomic E-state index is 9.97. The van der Waals surface area contributed by atoms with Crippen molar-refractivity contribution in [3.8, 4) is 5.75 Å². The maximum atomic E-state index is 9.97. The SMILES string of the molecule is Cc1ncc(CO)c(/C=N/Nc2nc(Cl)c(Cl)cc2Cl)c1O. The summed E-state index contributed by atoms with van der Waals surface area (Å²) in [7, 11) is 0. The third-order valence-corrected chi connectivity index (χ3v) is 3.74. The Hall–Kier alpha value is -1.60. The topological polar surface area (TPSA) is 90.6 Å². The van der Waals surface area contributed by atoms with E-state index < -0.39 is 0 Å². The van der Waals surface area contributed by atoms with Gasteiger partial charge in [-0.2, -0.15) is 5.10 Å². The summed E-state index contributed by atoms with van der Waals surface area (Å²) in [6.45, 7) is 1.35. The predicted octanol–water partition coefficient (Wildman–Crippen LogP) is 3.39. The molecular formula is C13H11Cl3N4O2. The van der Waals surface area contributed by atoms with Crippen molar-refractivity contribution >= 4 is 46.8 Å². The van der Waals surface area contributed by atoms with Crippen molar-refractivity contribution in [3.63, 3.8) is 0 Å². The Morgan fingerprint density at radius 3 is 2.73 bits per heavy atom. The number of aliphatic hydroxyl groups is 1. The molecule has 0 aliphatic carbocycles. The van der Waals surface area contributed by atoms with Crippen molar-refractivity contribution in [1.82, 2.24) is 9.97 Å². The minimum atomic E-state index is -0.284. The van der Waals surface area contributed by atoms with Crippen LogP contribution in [0.1, 0.15) is 16.8 Å². The highest BCUT2D eigenvalue weighted by Crippen LogP contribution is 2.29. The molecule has 9 heteroatoms. The molecule has 2 aromatic rings. The molecular weight excluding hydrogens is 351 g/mol. The van der Waals surface area contributed by atoms with Crippen LogP contribution in [0.3, 0.4) is 0 Å². The number of aliphatic hydroxyl groups excluding tert-OH is 1. The lowest BCUT2D eigenvalue weighted by atomic mass is 10.1. The number of nitrogens with one attached hydrogen (secondary N) is 1. The van der Waals surface area contributed by atoms with E-state index in [1.165, 1.54) is 18.5 Å². The summed E-state index contributed by atoms with van der Waals surface area (Å²) in [6.07, 6.45) is 2.79. The molecule has 0 fully saturated rings. The molecule has 2 rings (SSSR count). The maximum Gasteiger partial charge on any atom is 0.166 e. The first-order valence-corrected chi connectivity index (χ1v) is 7.16. The van der Waals surface area contributed by atoms with Gasteiger partial charge >= 0.3 is 0 Å². The predicted molar refractivity (Wildman–Crippen MR) is 87.0 cm³/mol. The average molecular weight is 362 g/mol. The normalized spacial score (nSPS) is 11.1. The van der Waals surface area contributed by atoms with E-state index in [4.69, 9.17) is 34.8 Å². The zero-order chi connectivity index (χ0) is 16.3. The molecule has 0 saturated heterocycles. The fraction of sp³-hybridized carbons (Fsp3) is 0.154. The molecule has 0 saturated carbocycles. The third-order valence-electron chi connectivity index (χ3n) is 2.78. The van der Waals surface area contributed by atoms with E-state index in [0.29, 0.717) is 16.8 Å². The quantitative estimate of drug-likeness (QED) is 0.441. The summed E-state index contributed by atoms with van der Waals surface area (Å²) >= 11 is 17.5. The van der Waals surface area contributed by atoms with Crippen molar-refractivity contribution in [2.45, 2.75) is 13.5 Å². The molecule has 0 unspecified atom stereocenters. The summed E-state index contributed by atoms with van der Waals surface area (Å²) in [5.74, 6) is 0.147. The van der Waals surface area contributed by atoms with Crippen LogP contribution in [0.4, 0.5) is 5.82 Å². The standard InChI is InChI=1S/C13H11Cl3N4O2/c1-6-11(22)8(7(5-21)3-17-6)4-18-20-13-10(15)2-9(14)12(16)19-13/h2-4,21-22H,5H2,1H3,(H,19,20)/b18-4+. The van der Waals surface area contributed by atoms with Crippen LogP contribution in [-0.2, 0) is 6.61 Å². The molecule has 2 heterocycles. The number of aromatic hydroxyl groups is 1. The van der Waals surface area contributed by atoms with Gasteiger partial charge in [-0.1, -0.05) is 34.8 Å². The lowest BCUT2D eigenvalue weighted by molar-refractivity contribution is 0.280. The summed E-state index contributed by atoms with van der Waals surface area (Å²) in [6, 6.07) is 1.43. The van der Waals surface area contributed by atoms with Crippen LogP contribution >= 0.6 is 34.8 Å². The van der Waals surface area contributed by atoms with Gasteiger partial charge in [0, 0.05) is 17.3 Å². The molecule has 3 N–H and O–H groups in total. The highest BCUT2D eigenvalue weighted by atomic mass is 35.5. The van der Waals surface area contributed by atoms with Gasteiger partial charge in [0.1, 0.15) is 10.9 Å². The Balaban J connectivity index is 2.27. The van der Waals surface area contributed by atoms with Crippen LogP contribution in [0.2, 0.25) is 15.2 Å². The van der Waals surface area contributed by atoms with Crippen molar-refractivity contribution < 1.29 is 10.2 Å². The number of halogens is 3. The lowest BCUT2D eigenvalue weighted by Crippen LogP contribution is -2.00. The summed E-state index contributed by atoms with van der Waals surface area (Å²) in [5, 5.41) is 23.7. The number of hydrogen-bond donors (Lipinski definition) is 3. The fourth-order valence-corrected chi connectivity index (χ4v) is 2.14. The monoisotopic (exact) mass is 360 g/mol. The molecule has 0 bridgehead atoms. The highest BCUT2D eigenvalue weighted by molar-refractivity contribution is 6.42. The Morgan fingerprint density at radius 2 is 2.05 bits per heavy atom. The molecule has 0 spiro atoms. The summed E-state index contributed by atoms with van der Waals surface area (Å²) < 4.78 is 0. The second-order valence-corrected chi connectivity index (χ2v) is 5.42. The lowest BCUT2D eigenvalue weighted by Gasteiger charge is -2.07. The minimum absolute atomic E-state index is 0.0645. The van der Waals surface area contributed by atoms with Gasteiger partial charge in [-0.25, -0.2) is 4.98 Å². The van der Waals surface area contributed by atoms with Gasteiger partial charge < -0.3 is 10.2 Å². The summed E-state index contributed by atoms with van der Waals surface area (Å²) in [4.78, 5) is 7.89.